The minimum Gasteiger partial charge on any atom is -0.382 e. The lowest BCUT2D eigenvalue weighted by atomic mass is 9.92. The minimum absolute atomic E-state index is 0.00847. The first-order valence-corrected chi connectivity index (χ1v) is 14.5. The molecular formula is C28H59NO9. The number of hydrogen-bond donors (Lipinski definition) is 1. The quantitative estimate of drug-likeness (QED) is 0.0976. The Labute approximate surface area is 232 Å². The number of nitrogens with two attached hydrogens (primary N) is 1. The highest BCUT2D eigenvalue weighted by Gasteiger charge is 2.42. The van der Waals surface area contributed by atoms with Crippen molar-refractivity contribution in [3.63, 3.8) is 0 Å². The number of methoxy groups -OCH3 is 3. The van der Waals surface area contributed by atoms with Crippen LogP contribution in [-0.2, 0) is 42.6 Å². The van der Waals surface area contributed by atoms with Crippen LogP contribution in [0.15, 0.2) is 0 Å². The van der Waals surface area contributed by atoms with E-state index >= 15 is 0 Å². The van der Waals surface area contributed by atoms with Crippen molar-refractivity contribution < 1.29 is 42.6 Å². The molecule has 230 valence electrons. The molecule has 0 aromatic heterocycles. The summed E-state index contributed by atoms with van der Waals surface area (Å²) < 4.78 is 51.4. The molecule has 0 aromatic rings. The van der Waals surface area contributed by atoms with Gasteiger partial charge in [0.05, 0.1) is 79.3 Å². The molecule has 0 amide bonds. The summed E-state index contributed by atoms with van der Waals surface area (Å²) in [6, 6.07) is 0. The van der Waals surface area contributed by atoms with Gasteiger partial charge in [0.25, 0.3) is 5.97 Å². The molecule has 0 aliphatic heterocycles. The summed E-state index contributed by atoms with van der Waals surface area (Å²) in [6.45, 7) is 8.16. The second kappa shape index (κ2) is 29.6. The Bertz CT molecular complexity index is 419. The van der Waals surface area contributed by atoms with Gasteiger partial charge in [-0.15, -0.1) is 0 Å². The Morgan fingerprint density at radius 2 is 0.895 bits per heavy atom. The highest BCUT2D eigenvalue weighted by molar-refractivity contribution is 4.74. The summed E-state index contributed by atoms with van der Waals surface area (Å²) in [5, 5.41) is 0. The first-order valence-electron chi connectivity index (χ1n) is 14.5. The lowest BCUT2D eigenvalue weighted by Gasteiger charge is -2.40. The van der Waals surface area contributed by atoms with Gasteiger partial charge in [0.1, 0.15) is 0 Å². The summed E-state index contributed by atoms with van der Waals surface area (Å²) in [7, 11) is 4.96. The molecule has 0 aliphatic carbocycles. The molecule has 0 spiro atoms. The Hall–Kier alpha value is -0.400. The van der Waals surface area contributed by atoms with Crippen LogP contribution in [0.5, 0.6) is 0 Å². The van der Waals surface area contributed by atoms with E-state index in [4.69, 9.17) is 48.4 Å². The molecule has 0 fully saturated rings. The van der Waals surface area contributed by atoms with Gasteiger partial charge >= 0.3 is 0 Å². The lowest BCUT2D eigenvalue weighted by molar-refractivity contribution is -0.410. The second-order valence-electron chi connectivity index (χ2n) is 9.15. The summed E-state index contributed by atoms with van der Waals surface area (Å²) in [6.07, 6.45) is 9.91. The Balaban J connectivity index is 5.41. The topological polar surface area (TPSA) is 109 Å². The Morgan fingerprint density at radius 3 is 1.32 bits per heavy atom. The smallest absolute Gasteiger partial charge is 0.286 e. The van der Waals surface area contributed by atoms with E-state index in [0.717, 1.165) is 25.7 Å². The zero-order valence-corrected chi connectivity index (χ0v) is 24.9. The van der Waals surface area contributed by atoms with Crippen LogP contribution in [-0.4, -0.2) is 113 Å². The van der Waals surface area contributed by atoms with Crippen molar-refractivity contribution in [2.45, 2.75) is 70.7 Å². The van der Waals surface area contributed by atoms with Crippen LogP contribution < -0.4 is 5.73 Å². The molecule has 0 radical (unpaired) electrons. The van der Waals surface area contributed by atoms with Crippen LogP contribution >= 0.6 is 0 Å². The van der Waals surface area contributed by atoms with Gasteiger partial charge in [-0.3, -0.25) is 0 Å². The largest absolute Gasteiger partial charge is 0.382 e. The molecule has 0 saturated carbocycles. The third-order valence-electron chi connectivity index (χ3n) is 6.05. The molecule has 10 nitrogen and oxygen atoms in total. The fraction of sp³-hybridized carbons (Fsp3) is 1.00. The highest BCUT2D eigenvalue weighted by Crippen LogP contribution is 2.34. The van der Waals surface area contributed by atoms with E-state index in [9.17, 15) is 0 Å². The minimum atomic E-state index is -1.24. The predicted octanol–water partition coefficient (Wildman–Crippen LogP) is 3.78. The molecule has 0 rings (SSSR count). The Kier molecular flexibility index (Phi) is 29.3. The van der Waals surface area contributed by atoms with Crippen molar-refractivity contribution in [3.8, 4) is 0 Å². The van der Waals surface area contributed by atoms with E-state index in [1.165, 1.54) is 32.1 Å². The van der Waals surface area contributed by atoms with Crippen LogP contribution in [0.1, 0.15) is 64.7 Å². The van der Waals surface area contributed by atoms with E-state index in [1.807, 2.05) is 0 Å². The van der Waals surface area contributed by atoms with Crippen molar-refractivity contribution in [2.75, 3.05) is 107 Å². The second-order valence-corrected chi connectivity index (χ2v) is 9.15. The van der Waals surface area contributed by atoms with Crippen molar-refractivity contribution in [2.24, 2.45) is 11.7 Å². The summed E-state index contributed by atoms with van der Waals surface area (Å²) in [5.41, 5.74) is 5.92. The fourth-order valence-electron chi connectivity index (χ4n) is 3.97. The molecule has 38 heavy (non-hydrogen) atoms. The van der Waals surface area contributed by atoms with Gasteiger partial charge in [-0.25, -0.2) is 0 Å². The summed E-state index contributed by atoms with van der Waals surface area (Å²) in [4.78, 5) is 0. The normalized spacial score (nSPS) is 12.9. The molecule has 2 N–H and O–H groups in total. The summed E-state index contributed by atoms with van der Waals surface area (Å²) in [5.74, 6) is -1.23. The number of rotatable bonds is 32. The number of ether oxygens (including phenoxy) is 9. The molecule has 0 aromatic carbocycles. The maximum atomic E-state index is 6.41. The maximum Gasteiger partial charge on any atom is 0.286 e. The van der Waals surface area contributed by atoms with Crippen LogP contribution in [0, 0.1) is 5.92 Å². The SMILES string of the molecule is CCCCCCCCC(CCCN)C(OCCOCCOC)(OCCOCCOC)OCCOCCOC. The monoisotopic (exact) mass is 553 g/mol. The van der Waals surface area contributed by atoms with Gasteiger partial charge < -0.3 is 48.4 Å². The maximum absolute atomic E-state index is 6.41. The van der Waals surface area contributed by atoms with Crippen molar-refractivity contribution in [1.29, 1.82) is 0 Å². The molecule has 0 saturated heterocycles. The number of unbranched alkanes of at least 4 members (excludes halogenated alkanes) is 5. The van der Waals surface area contributed by atoms with Gasteiger partial charge in [0, 0.05) is 27.2 Å². The number of hydrogen-bond acceptors (Lipinski definition) is 10. The molecule has 1 atom stereocenters. The predicted molar refractivity (Wildman–Crippen MR) is 148 cm³/mol. The van der Waals surface area contributed by atoms with Gasteiger partial charge in [0.15, 0.2) is 0 Å². The first kappa shape index (κ1) is 37.6. The van der Waals surface area contributed by atoms with E-state index in [-0.39, 0.29) is 5.92 Å². The van der Waals surface area contributed by atoms with E-state index in [1.54, 1.807) is 21.3 Å². The van der Waals surface area contributed by atoms with Gasteiger partial charge in [-0.1, -0.05) is 45.4 Å². The van der Waals surface area contributed by atoms with E-state index < -0.39 is 5.97 Å². The third kappa shape index (κ3) is 21.4. The van der Waals surface area contributed by atoms with Gasteiger partial charge in [-0.05, 0) is 25.8 Å². The summed E-state index contributed by atoms with van der Waals surface area (Å²) >= 11 is 0. The Morgan fingerprint density at radius 1 is 0.500 bits per heavy atom. The van der Waals surface area contributed by atoms with E-state index in [0.29, 0.717) is 85.8 Å². The van der Waals surface area contributed by atoms with Crippen molar-refractivity contribution >= 4 is 0 Å². The fourth-order valence-corrected chi connectivity index (χ4v) is 3.97. The first-order chi connectivity index (χ1) is 18.7. The standard InChI is InChI=1S/C28H59NO9/c1-5-6-7-8-9-10-12-27(13-11-14-29)28(36-24-21-33-18-15-30-2,37-25-22-34-19-16-31-3)38-26-23-35-20-17-32-4/h27H,5-26,29H2,1-4H3. The molecule has 0 bridgehead atoms. The lowest BCUT2D eigenvalue weighted by Crippen LogP contribution is -2.48. The zero-order valence-electron chi connectivity index (χ0n) is 24.9. The van der Waals surface area contributed by atoms with Crippen molar-refractivity contribution in [1.82, 2.24) is 0 Å². The average Bonchev–Trinajstić information content (AvgIpc) is 2.93. The van der Waals surface area contributed by atoms with Gasteiger partial charge in [0.2, 0.25) is 0 Å². The third-order valence-corrected chi connectivity index (χ3v) is 6.05. The van der Waals surface area contributed by atoms with Crippen LogP contribution in [0.4, 0.5) is 0 Å². The van der Waals surface area contributed by atoms with Gasteiger partial charge in [-0.2, -0.15) is 0 Å². The van der Waals surface area contributed by atoms with Crippen LogP contribution in [0.2, 0.25) is 0 Å². The molecule has 1 unspecified atom stereocenters. The van der Waals surface area contributed by atoms with Crippen LogP contribution in [0.25, 0.3) is 0 Å². The molecule has 0 aliphatic rings. The average molecular weight is 554 g/mol. The molecule has 10 heteroatoms. The zero-order chi connectivity index (χ0) is 28.0. The van der Waals surface area contributed by atoms with Crippen molar-refractivity contribution in [3.05, 3.63) is 0 Å². The van der Waals surface area contributed by atoms with E-state index in [2.05, 4.69) is 6.92 Å². The van der Waals surface area contributed by atoms with Crippen LogP contribution in [0.3, 0.4) is 0 Å². The molecule has 0 heterocycles. The molecular weight excluding hydrogens is 494 g/mol. The highest BCUT2D eigenvalue weighted by atomic mass is 16.9.